The molecule has 0 atom stereocenters. The van der Waals surface area contributed by atoms with Crippen LogP contribution in [0.15, 0.2) is 33.6 Å². The number of anilines is 1. The average Bonchev–Trinajstić information content (AvgIpc) is 2.46. The number of nitrogens with zero attached hydrogens (tertiary/aromatic N) is 2. The van der Waals surface area contributed by atoms with Gasteiger partial charge in [-0.3, -0.25) is 0 Å². The van der Waals surface area contributed by atoms with Gasteiger partial charge in [0.05, 0.1) is 15.9 Å². The van der Waals surface area contributed by atoms with Crippen LogP contribution in [0.1, 0.15) is 36.8 Å². The fourth-order valence-corrected chi connectivity index (χ4v) is 3.68. The van der Waals surface area contributed by atoms with Crippen molar-refractivity contribution in [1.82, 2.24) is 9.97 Å². The van der Waals surface area contributed by atoms with Gasteiger partial charge in [0.2, 0.25) is 0 Å². The highest BCUT2D eigenvalue weighted by Crippen LogP contribution is 2.30. The highest BCUT2D eigenvalue weighted by molar-refractivity contribution is 9.10. The maximum absolute atomic E-state index is 4.70. The number of aryl methyl sites for hydroxylation is 1. The van der Waals surface area contributed by atoms with E-state index in [4.69, 9.17) is 4.98 Å². The second-order valence-corrected chi connectivity index (χ2v) is 7.04. The van der Waals surface area contributed by atoms with Crippen molar-refractivity contribution < 1.29 is 0 Å². The van der Waals surface area contributed by atoms with Crippen LogP contribution in [0.2, 0.25) is 0 Å². The molecule has 1 N–H and O–H groups in total. The molecule has 0 bridgehead atoms. The number of halogens is 1. The van der Waals surface area contributed by atoms with E-state index in [9.17, 15) is 0 Å². The monoisotopic (exact) mass is 365 g/mol. The van der Waals surface area contributed by atoms with Crippen LogP contribution >= 0.6 is 27.7 Å². The molecule has 0 amide bonds. The van der Waals surface area contributed by atoms with Gasteiger partial charge in [0.1, 0.15) is 11.6 Å². The smallest absolute Gasteiger partial charge is 0.144 e. The van der Waals surface area contributed by atoms with E-state index in [1.165, 1.54) is 10.5 Å². The molecule has 2 rings (SSSR count). The molecule has 0 aliphatic carbocycles. The standard InChI is InChI=1S/C16H20BrN3S/c1-10(2)15-14(17)16(18-4)20-13(19-15)9-21-12-7-5-6-11(3)8-12/h5-8,10H,9H2,1-4H3,(H,18,19,20). The van der Waals surface area contributed by atoms with Crippen molar-refractivity contribution in [3.05, 3.63) is 45.8 Å². The van der Waals surface area contributed by atoms with E-state index >= 15 is 0 Å². The van der Waals surface area contributed by atoms with Crippen LogP contribution < -0.4 is 5.32 Å². The normalized spacial score (nSPS) is 11.0. The predicted molar refractivity (Wildman–Crippen MR) is 94.1 cm³/mol. The molecule has 21 heavy (non-hydrogen) atoms. The van der Waals surface area contributed by atoms with Crippen molar-refractivity contribution in [3.8, 4) is 0 Å². The second kappa shape index (κ2) is 7.27. The van der Waals surface area contributed by atoms with Crippen LogP contribution in [0.25, 0.3) is 0 Å². The van der Waals surface area contributed by atoms with Gasteiger partial charge in [-0.15, -0.1) is 11.8 Å². The summed E-state index contributed by atoms with van der Waals surface area (Å²) in [5, 5.41) is 3.13. The minimum Gasteiger partial charge on any atom is -0.372 e. The van der Waals surface area contributed by atoms with E-state index in [1.807, 2.05) is 7.05 Å². The number of benzene rings is 1. The summed E-state index contributed by atoms with van der Waals surface area (Å²) in [5.74, 6) is 2.84. The first-order valence-corrected chi connectivity index (χ1v) is 8.72. The maximum Gasteiger partial charge on any atom is 0.144 e. The number of hydrogen-bond acceptors (Lipinski definition) is 4. The predicted octanol–water partition coefficient (Wildman–Crippen LogP) is 5.00. The van der Waals surface area contributed by atoms with Gasteiger partial charge in [-0.1, -0.05) is 31.5 Å². The van der Waals surface area contributed by atoms with Crippen LogP contribution in [-0.2, 0) is 5.75 Å². The van der Waals surface area contributed by atoms with Gasteiger partial charge in [-0.2, -0.15) is 0 Å². The van der Waals surface area contributed by atoms with Crippen molar-refractivity contribution in [1.29, 1.82) is 0 Å². The molecule has 5 heteroatoms. The average molecular weight is 366 g/mol. The zero-order chi connectivity index (χ0) is 15.4. The molecule has 1 heterocycles. The van der Waals surface area contributed by atoms with Crippen molar-refractivity contribution in [3.63, 3.8) is 0 Å². The lowest BCUT2D eigenvalue weighted by atomic mass is 10.1. The lowest BCUT2D eigenvalue weighted by Gasteiger charge is -2.13. The largest absolute Gasteiger partial charge is 0.372 e. The van der Waals surface area contributed by atoms with Crippen molar-refractivity contribution in [2.45, 2.75) is 37.3 Å². The van der Waals surface area contributed by atoms with Crippen LogP contribution in [0, 0.1) is 6.92 Å². The van der Waals surface area contributed by atoms with Crippen LogP contribution in [-0.4, -0.2) is 17.0 Å². The van der Waals surface area contributed by atoms with Gasteiger partial charge < -0.3 is 5.32 Å². The Kier molecular flexibility index (Phi) is 5.65. The Labute approximate surface area is 139 Å². The number of hydrogen-bond donors (Lipinski definition) is 1. The Morgan fingerprint density at radius 2 is 2.05 bits per heavy atom. The van der Waals surface area contributed by atoms with E-state index in [-0.39, 0.29) is 0 Å². The third-order valence-corrected chi connectivity index (χ3v) is 4.84. The van der Waals surface area contributed by atoms with Gasteiger partial charge in [-0.25, -0.2) is 9.97 Å². The lowest BCUT2D eigenvalue weighted by molar-refractivity contribution is 0.793. The van der Waals surface area contributed by atoms with Crippen LogP contribution in [0.3, 0.4) is 0 Å². The highest BCUT2D eigenvalue weighted by Gasteiger charge is 2.14. The molecule has 2 aromatic rings. The number of aromatic nitrogens is 2. The van der Waals surface area contributed by atoms with Gasteiger partial charge in [0.15, 0.2) is 0 Å². The van der Waals surface area contributed by atoms with Crippen molar-refractivity contribution in [2.75, 3.05) is 12.4 Å². The first kappa shape index (κ1) is 16.3. The second-order valence-electron chi connectivity index (χ2n) is 5.20. The number of rotatable bonds is 5. The Hall–Kier alpha value is -1.07. The molecule has 112 valence electrons. The van der Waals surface area contributed by atoms with Gasteiger partial charge in [0, 0.05) is 11.9 Å². The summed E-state index contributed by atoms with van der Waals surface area (Å²) in [6.07, 6.45) is 0. The molecule has 0 aliphatic rings. The molecule has 0 saturated heterocycles. The third-order valence-electron chi connectivity index (χ3n) is 3.06. The Balaban J connectivity index is 2.22. The zero-order valence-corrected chi connectivity index (χ0v) is 15.2. The first-order chi connectivity index (χ1) is 10.0. The SMILES string of the molecule is CNc1nc(CSc2cccc(C)c2)nc(C(C)C)c1Br. The van der Waals surface area contributed by atoms with Crippen molar-refractivity contribution in [2.24, 2.45) is 0 Å². The lowest BCUT2D eigenvalue weighted by Crippen LogP contribution is -2.06. The van der Waals surface area contributed by atoms with E-state index in [0.29, 0.717) is 5.92 Å². The minimum atomic E-state index is 0.359. The Bertz CT molecular complexity index is 629. The summed E-state index contributed by atoms with van der Waals surface area (Å²) in [7, 11) is 1.88. The molecular weight excluding hydrogens is 346 g/mol. The topological polar surface area (TPSA) is 37.8 Å². The summed E-state index contributed by atoms with van der Waals surface area (Å²) >= 11 is 5.35. The van der Waals surface area contributed by atoms with E-state index < -0.39 is 0 Å². The maximum atomic E-state index is 4.70. The molecule has 0 aliphatic heterocycles. The minimum absolute atomic E-state index is 0.359. The molecule has 1 aromatic carbocycles. The number of nitrogens with one attached hydrogen (secondary N) is 1. The van der Waals surface area contributed by atoms with Crippen LogP contribution in [0.5, 0.6) is 0 Å². The van der Waals surface area contributed by atoms with E-state index in [2.05, 4.69) is 71.3 Å². The molecule has 0 spiro atoms. The van der Waals surface area contributed by atoms with E-state index in [0.717, 1.165) is 27.6 Å². The van der Waals surface area contributed by atoms with Gasteiger partial charge in [0.25, 0.3) is 0 Å². The van der Waals surface area contributed by atoms with Crippen LogP contribution in [0.4, 0.5) is 5.82 Å². The molecular formula is C16H20BrN3S. The molecule has 0 radical (unpaired) electrons. The fourth-order valence-electron chi connectivity index (χ4n) is 1.98. The molecule has 3 nitrogen and oxygen atoms in total. The molecule has 1 aromatic heterocycles. The summed E-state index contributed by atoms with van der Waals surface area (Å²) in [6, 6.07) is 8.50. The summed E-state index contributed by atoms with van der Waals surface area (Å²) < 4.78 is 0.962. The fraction of sp³-hybridized carbons (Fsp3) is 0.375. The quantitative estimate of drug-likeness (QED) is 0.756. The summed E-state index contributed by atoms with van der Waals surface area (Å²) in [6.45, 7) is 6.39. The Morgan fingerprint density at radius 1 is 1.29 bits per heavy atom. The third kappa shape index (κ3) is 4.20. The Morgan fingerprint density at radius 3 is 2.67 bits per heavy atom. The number of thioether (sulfide) groups is 1. The summed E-state index contributed by atoms with van der Waals surface area (Å²) in [5.41, 5.74) is 2.32. The van der Waals surface area contributed by atoms with Gasteiger partial charge >= 0.3 is 0 Å². The molecule has 0 fully saturated rings. The molecule has 0 saturated carbocycles. The van der Waals surface area contributed by atoms with Gasteiger partial charge in [-0.05, 0) is 40.9 Å². The summed E-state index contributed by atoms with van der Waals surface area (Å²) in [4.78, 5) is 10.5. The highest BCUT2D eigenvalue weighted by atomic mass is 79.9. The molecule has 0 unspecified atom stereocenters. The van der Waals surface area contributed by atoms with Crippen molar-refractivity contribution >= 4 is 33.5 Å². The van der Waals surface area contributed by atoms with E-state index in [1.54, 1.807) is 11.8 Å². The zero-order valence-electron chi connectivity index (χ0n) is 12.8. The first-order valence-electron chi connectivity index (χ1n) is 6.94.